The van der Waals surface area contributed by atoms with E-state index in [4.69, 9.17) is 4.42 Å². The van der Waals surface area contributed by atoms with Crippen molar-refractivity contribution in [2.45, 2.75) is 26.3 Å². The van der Waals surface area contributed by atoms with E-state index >= 15 is 0 Å². The van der Waals surface area contributed by atoms with Crippen molar-refractivity contribution in [3.05, 3.63) is 71.7 Å². The topological polar surface area (TPSA) is 58.4 Å². The van der Waals surface area contributed by atoms with E-state index in [9.17, 15) is 4.79 Å². The summed E-state index contributed by atoms with van der Waals surface area (Å²) in [5, 5.41) is 2.94. The molecular weight excluding hydrogens is 338 g/mol. The Kier molecular flexibility index (Phi) is 5.91. The van der Waals surface area contributed by atoms with E-state index in [2.05, 4.69) is 10.3 Å². The number of rotatable bonds is 7. The first-order valence-corrected chi connectivity index (χ1v) is 9.06. The lowest BCUT2D eigenvalue weighted by Crippen LogP contribution is -2.23. The first-order chi connectivity index (χ1) is 13.0. The third-order valence-electron chi connectivity index (χ3n) is 4.40. The van der Waals surface area contributed by atoms with Crippen LogP contribution in [0.3, 0.4) is 0 Å². The van der Waals surface area contributed by atoms with Gasteiger partial charge in [0, 0.05) is 44.7 Å². The summed E-state index contributed by atoms with van der Waals surface area (Å²) in [4.78, 5) is 18.4. The molecule has 0 aliphatic rings. The number of carbonyl (C=O) groups is 1. The minimum Gasteiger partial charge on any atom is -0.441 e. The second kappa shape index (κ2) is 8.54. The summed E-state index contributed by atoms with van der Waals surface area (Å²) >= 11 is 0. The Morgan fingerprint density at radius 1 is 1.07 bits per heavy atom. The summed E-state index contributed by atoms with van der Waals surface area (Å²) in [6.07, 6.45) is 2.55. The van der Waals surface area contributed by atoms with Crippen LogP contribution in [-0.2, 0) is 17.8 Å². The number of aryl methyl sites for hydroxylation is 2. The van der Waals surface area contributed by atoms with Gasteiger partial charge in [-0.25, -0.2) is 4.98 Å². The first-order valence-electron chi connectivity index (χ1n) is 9.06. The molecule has 0 radical (unpaired) electrons. The molecular formula is C22H25N3O2. The minimum atomic E-state index is -0.0122. The molecule has 5 heteroatoms. The lowest BCUT2D eigenvalue weighted by Gasteiger charge is -2.12. The number of amides is 1. The highest BCUT2D eigenvalue weighted by molar-refractivity contribution is 5.76. The monoisotopic (exact) mass is 363 g/mol. The Labute approximate surface area is 160 Å². The van der Waals surface area contributed by atoms with E-state index in [-0.39, 0.29) is 5.91 Å². The standard InChI is InChI=1S/C22H25N3O2/c1-16-4-8-18(9-5-16)20-15-24-22(27-20)13-12-21(26)23-14-17-6-10-19(11-7-17)25(2)3/h4-11,15H,12-14H2,1-3H3,(H,23,26). The van der Waals surface area contributed by atoms with E-state index in [0.717, 1.165) is 22.6 Å². The molecule has 27 heavy (non-hydrogen) atoms. The second-order valence-electron chi connectivity index (χ2n) is 6.82. The van der Waals surface area contributed by atoms with Gasteiger partial charge >= 0.3 is 0 Å². The Morgan fingerprint density at radius 3 is 2.44 bits per heavy atom. The van der Waals surface area contributed by atoms with Gasteiger partial charge in [-0.05, 0) is 24.6 Å². The minimum absolute atomic E-state index is 0.0122. The lowest BCUT2D eigenvalue weighted by molar-refractivity contribution is -0.121. The number of nitrogens with one attached hydrogen (secondary N) is 1. The number of hydrogen-bond acceptors (Lipinski definition) is 4. The van der Waals surface area contributed by atoms with Gasteiger partial charge in [0.05, 0.1) is 6.20 Å². The zero-order valence-corrected chi connectivity index (χ0v) is 16.0. The Balaban J connectivity index is 1.47. The van der Waals surface area contributed by atoms with Crippen LogP contribution in [0, 0.1) is 6.92 Å². The molecule has 0 bridgehead atoms. The van der Waals surface area contributed by atoms with Gasteiger partial charge < -0.3 is 14.6 Å². The maximum Gasteiger partial charge on any atom is 0.220 e. The van der Waals surface area contributed by atoms with Gasteiger partial charge in [-0.1, -0.05) is 42.0 Å². The summed E-state index contributed by atoms with van der Waals surface area (Å²) in [7, 11) is 4.01. The van der Waals surface area contributed by atoms with Crippen LogP contribution < -0.4 is 10.2 Å². The van der Waals surface area contributed by atoms with Crippen molar-refractivity contribution in [2.75, 3.05) is 19.0 Å². The molecule has 2 aromatic carbocycles. The summed E-state index contributed by atoms with van der Waals surface area (Å²) in [5.74, 6) is 1.30. The number of benzene rings is 2. The molecule has 0 unspecified atom stereocenters. The van der Waals surface area contributed by atoms with Gasteiger partial charge in [-0.15, -0.1) is 0 Å². The SMILES string of the molecule is Cc1ccc(-c2cnc(CCC(=O)NCc3ccc(N(C)C)cc3)o2)cc1. The largest absolute Gasteiger partial charge is 0.441 e. The van der Waals surface area contributed by atoms with Crippen LogP contribution in [0.2, 0.25) is 0 Å². The first kappa shape index (κ1) is 18.7. The van der Waals surface area contributed by atoms with Gasteiger partial charge in [0.2, 0.25) is 5.91 Å². The molecule has 1 heterocycles. The van der Waals surface area contributed by atoms with Gasteiger partial charge in [0.15, 0.2) is 11.7 Å². The fraction of sp³-hybridized carbons (Fsp3) is 0.273. The maximum absolute atomic E-state index is 12.1. The lowest BCUT2D eigenvalue weighted by atomic mass is 10.1. The molecule has 0 saturated carbocycles. The average molecular weight is 363 g/mol. The molecule has 0 saturated heterocycles. The van der Waals surface area contributed by atoms with Crippen molar-refractivity contribution in [1.29, 1.82) is 0 Å². The molecule has 3 rings (SSSR count). The Hall–Kier alpha value is -3.08. The summed E-state index contributed by atoms with van der Waals surface area (Å²) in [6, 6.07) is 16.2. The third-order valence-corrected chi connectivity index (χ3v) is 4.40. The Bertz CT molecular complexity index is 881. The summed E-state index contributed by atoms with van der Waals surface area (Å²) < 4.78 is 5.76. The van der Waals surface area contributed by atoms with E-state index < -0.39 is 0 Å². The maximum atomic E-state index is 12.1. The number of anilines is 1. The van der Waals surface area contributed by atoms with Gasteiger partial charge in [-0.2, -0.15) is 0 Å². The zero-order valence-electron chi connectivity index (χ0n) is 16.0. The van der Waals surface area contributed by atoms with Crippen molar-refractivity contribution in [1.82, 2.24) is 10.3 Å². The highest BCUT2D eigenvalue weighted by Crippen LogP contribution is 2.21. The van der Waals surface area contributed by atoms with Crippen LogP contribution in [0.5, 0.6) is 0 Å². The molecule has 0 atom stereocenters. The fourth-order valence-electron chi connectivity index (χ4n) is 2.70. The van der Waals surface area contributed by atoms with Crippen molar-refractivity contribution in [3.63, 3.8) is 0 Å². The van der Waals surface area contributed by atoms with E-state index in [0.29, 0.717) is 25.3 Å². The van der Waals surface area contributed by atoms with Crippen LogP contribution in [0.1, 0.15) is 23.4 Å². The second-order valence-corrected chi connectivity index (χ2v) is 6.82. The van der Waals surface area contributed by atoms with E-state index in [1.54, 1.807) is 6.20 Å². The van der Waals surface area contributed by atoms with Crippen LogP contribution in [0.25, 0.3) is 11.3 Å². The van der Waals surface area contributed by atoms with Crippen molar-refractivity contribution in [2.24, 2.45) is 0 Å². The molecule has 0 aliphatic carbocycles. The van der Waals surface area contributed by atoms with E-state index in [1.165, 1.54) is 5.56 Å². The smallest absolute Gasteiger partial charge is 0.220 e. The number of nitrogens with zero attached hydrogens (tertiary/aromatic N) is 2. The van der Waals surface area contributed by atoms with Crippen LogP contribution >= 0.6 is 0 Å². The normalized spacial score (nSPS) is 10.6. The molecule has 1 amide bonds. The number of hydrogen-bond donors (Lipinski definition) is 1. The molecule has 0 aliphatic heterocycles. The van der Waals surface area contributed by atoms with Crippen molar-refractivity contribution < 1.29 is 9.21 Å². The molecule has 5 nitrogen and oxygen atoms in total. The summed E-state index contributed by atoms with van der Waals surface area (Å²) in [6.45, 7) is 2.57. The van der Waals surface area contributed by atoms with Crippen LogP contribution in [0.15, 0.2) is 59.1 Å². The number of oxazole rings is 1. The van der Waals surface area contributed by atoms with Crippen molar-refractivity contribution >= 4 is 11.6 Å². The van der Waals surface area contributed by atoms with Crippen LogP contribution in [-0.4, -0.2) is 25.0 Å². The molecule has 0 fully saturated rings. The third kappa shape index (κ3) is 5.20. The summed E-state index contributed by atoms with van der Waals surface area (Å²) in [5.41, 5.74) is 4.40. The van der Waals surface area contributed by atoms with E-state index in [1.807, 2.05) is 74.4 Å². The predicted octanol–water partition coefficient (Wildman–Crippen LogP) is 3.97. The van der Waals surface area contributed by atoms with Gasteiger partial charge in [0.1, 0.15) is 0 Å². The number of carbonyl (C=O) groups excluding carboxylic acids is 1. The molecule has 1 aromatic heterocycles. The highest BCUT2D eigenvalue weighted by atomic mass is 16.4. The predicted molar refractivity (Wildman–Crippen MR) is 108 cm³/mol. The number of aromatic nitrogens is 1. The van der Waals surface area contributed by atoms with Crippen LogP contribution in [0.4, 0.5) is 5.69 Å². The highest BCUT2D eigenvalue weighted by Gasteiger charge is 2.09. The molecule has 3 aromatic rings. The molecule has 140 valence electrons. The molecule has 1 N–H and O–H groups in total. The fourth-order valence-corrected chi connectivity index (χ4v) is 2.70. The zero-order chi connectivity index (χ0) is 19.2. The van der Waals surface area contributed by atoms with Crippen molar-refractivity contribution in [3.8, 4) is 11.3 Å². The van der Waals surface area contributed by atoms with Gasteiger partial charge in [-0.3, -0.25) is 4.79 Å². The molecule has 0 spiro atoms. The average Bonchev–Trinajstić information content (AvgIpc) is 3.14. The van der Waals surface area contributed by atoms with Gasteiger partial charge in [0.25, 0.3) is 0 Å². The Morgan fingerprint density at radius 2 is 1.78 bits per heavy atom. The quantitative estimate of drug-likeness (QED) is 0.690.